The van der Waals surface area contributed by atoms with Crippen LogP contribution in [0.4, 0.5) is 0 Å². The summed E-state index contributed by atoms with van der Waals surface area (Å²) >= 11 is 0. The summed E-state index contributed by atoms with van der Waals surface area (Å²) in [5.41, 5.74) is 8.34. The summed E-state index contributed by atoms with van der Waals surface area (Å²) in [7, 11) is 1.36. The zero-order valence-corrected chi connectivity index (χ0v) is 12.0. The first kappa shape index (κ1) is 14.8. The lowest BCUT2D eigenvalue weighted by atomic mass is 10.0. The number of hydrogen-bond donors (Lipinski definition) is 1. The largest absolute Gasteiger partial charge is 0.465 e. The SMILES string of the molecule is C=C(C(=O)OC)c1ccc(CN2CCC(N)CC2)cc1. The van der Waals surface area contributed by atoms with Gasteiger partial charge in [-0.1, -0.05) is 30.8 Å². The summed E-state index contributed by atoms with van der Waals surface area (Å²) in [4.78, 5) is 13.8. The number of carbonyl (C=O) groups is 1. The van der Waals surface area contributed by atoms with Crippen LogP contribution in [0.15, 0.2) is 30.8 Å². The fourth-order valence-electron chi connectivity index (χ4n) is 2.42. The number of piperidine rings is 1. The minimum atomic E-state index is -0.386. The molecule has 1 aliphatic heterocycles. The van der Waals surface area contributed by atoms with Gasteiger partial charge < -0.3 is 10.5 Å². The van der Waals surface area contributed by atoms with Crippen LogP contribution in [0.1, 0.15) is 24.0 Å². The molecule has 0 saturated carbocycles. The fourth-order valence-corrected chi connectivity index (χ4v) is 2.42. The summed E-state index contributed by atoms with van der Waals surface area (Å²) in [5, 5.41) is 0. The van der Waals surface area contributed by atoms with Crippen LogP contribution in [0, 0.1) is 0 Å². The van der Waals surface area contributed by atoms with E-state index in [1.165, 1.54) is 12.7 Å². The van der Waals surface area contributed by atoms with E-state index in [9.17, 15) is 4.79 Å². The standard InChI is InChI=1S/C16H22N2O2/c1-12(16(19)20-2)14-5-3-13(4-6-14)11-18-9-7-15(17)8-10-18/h3-6,15H,1,7-11,17H2,2H3. The fraction of sp³-hybridized carbons (Fsp3) is 0.438. The molecule has 0 aliphatic carbocycles. The number of carbonyl (C=O) groups excluding carboxylic acids is 1. The normalized spacial score (nSPS) is 16.9. The number of ether oxygens (including phenoxy) is 1. The van der Waals surface area contributed by atoms with E-state index >= 15 is 0 Å². The number of methoxy groups -OCH3 is 1. The van der Waals surface area contributed by atoms with Crippen molar-refractivity contribution in [2.24, 2.45) is 5.73 Å². The number of rotatable bonds is 4. The smallest absolute Gasteiger partial charge is 0.337 e. The van der Waals surface area contributed by atoms with Crippen molar-refractivity contribution in [2.75, 3.05) is 20.2 Å². The van der Waals surface area contributed by atoms with E-state index in [0.717, 1.165) is 38.0 Å². The summed E-state index contributed by atoms with van der Waals surface area (Å²) in [5.74, 6) is -0.386. The summed E-state index contributed by atoms with van der Waals surface area (Å²) in [6.07, 6.45) is 2.13. The Morgan fingerprint density at radius 1 is 1.35 bits per heavy atom. The average Bonchev–Trinajstić information content (AvgIpc) is 2.49. The third-order valence-corrected chi connectivity index (χ3v) is 3.77. The number of nitrogens with zero attached hydrogens (tertiary/aromatic N) is 1. The molecule has 0 spiro atoms. The second-order valence-electron chi connectivity index (χ2n) is 5.28. The molecule has 1 saturated heterocycles. The first-order chi connectivity index (χ1) is 9.60. The molecule has 0 radical (unpaired) electrons. The van der Waals surface area contributed by atoms with Crippen molar-refractivity contribution in [1.29, 1.82) is 0 Å². The zero-order valence-electron chi connectivity index (χ0n) is 12.0. The average molecular weight is 274 g/mol. The number of esters is 1. The van der Waals surface area contributed by atoms with Crippen LogP contribution in [0.25, 0.3) is 5.57 Å². The van der Waals surface area contributed by atoms with Crippen molar-refractivity contribution in [2.45, 2.75) is 25.4 Å². The Morgan fingerprint density at radius 2 is 1.95 bits per heavy atom. The molecular weight excluding hydrogens is 252 g/mol. The van der Waals surface area contributed by atoms with Gasteiger partial charge in [0.25, 0.3) is 0 Å². The number of hydrogen-bond acceptors (Lipinski definition) is 4. The Bertz CT molecular complexity index is 474. The van der Waals surface area contributed by atoms with Gasteiger partial charge in [0.2, 0.25) is 0 Å². The van der Waals surface area contributed by atoms with Crippen LogP contribution in [0.2, 0.25) is 0 Å². The Kier molecular flexibility index (Phi) is 4.93. The van der Waals surface area contributed by atoms with Gasteiger partial charge in [-0.15, -0.1) is 0 Å². The molecule has 0 atom stereocenters. The third-order valence-electron chi connectivity index (χ3n) is 3.77. The highest BCUT2D eigenvalue weighted by molar-refractivity contribution is 6.15. The van der Waals surface area contributed by atoms with E-state index in [4.69, 9.17) is 5.73 Å². The molecule has 0 aromatic heterocycles. The lowest BCUT2D eigenvalue weighted by molar-refractivity contribution is -0.133. The lowest BCUT2D eigenvalue weighted by Crippen LogP contribution is -2.39. The van der Waals surface area contributed by atoms with Crippen LogP contribution in [-0.2, 0) is 16.1 Å². The van der Waals surface area contributed by atoms with E-state index in [1.54, 1.807) is 0 Å². The van der Waals surface area contributed by atoms with Gasteiger partial charge in [0.15, 0.2) is 0 Å². The number of likely N-dealkylation sites (tertiary alicyclic amines) is 1. The van der Waals surface area contributed by atoms with Crippen molar-refractivity contribution in [1.82, 2.24) is 4.90 Å². The molecule has 1 aromatic rings. The maximum Gasteiger partial charge on any atom is 0.337 e. The lowest BCUT2D eigenvalue weighted by Gasteiger charge is -2.30. The first-order valence-electron chi connectivity index (χ1n) is 6.94. The van der Waals surface area contributed by atoms with Crippen molar-refractivity contribution >= 4 is 11.5 Å². The van der Waals surface area contributed by atoms with E-state index in [1.807, 2.05) is 24.3 Å². The van der Waals surface area contributed by atoms with Gasteiger partial charge in [-0.2, -0.15) is 0 Å². The Hall–Kier alpha value is -1.65. The predicted octanol–water partition coefficient (Wildman–Crippen LogP) is 1.80. The molecular formula is C16H22N2O2. The van der Waals surface area contributed by atoms with E-state index in [-0.39, 0.29) is 5.97 Å². The van der Waals surface area contributed by atoms with Gasteiger partial charge in [0, 0.05) is 12.6 Å². The molecule has 108 valence electrons. The molecule has 4 heteroatoms. The molecule has 1 aliphatic rings. The van der Waals surface area contributed by atoms with E-state index < -0.39 is 0 Å². The Labute approximate surface area is 120 Å². The topological polar surface area (TPSA) is 55.6 Å². The van der Waals surface area contributed by atoms with Crippen LogP contribution in [0.3, 0.4) is 0 Å². The first-order valence-corrected chi connectivity index (χ1v) is 6.94. The highest BCUT2D eigenvalue weighted by Crippen LogP contribution is 2.17. The molecule has 1 aromatic carbocycles. The summed E-state index contributed by atoms with van der Waals surface area (Å²) < 4.78 is 4.67. The van der Waals surface area contributed by atoms with E-state index in [0.29, 0.717) is 11.6 Å². The molecule has 0 unspecified atom stereocenters. The second-order valence-corrected chi connectivity index (χ2v) is 5.28. The van der Waals surface area contributed by atoms with Gasteiger partial charge >= 0.3 is 5.97 Å². The number of nitrogens with two attached hydrogens (primary N) is 1. The van der Waals surface area contributed by atoms with Gasteiger partial charge in [-0.25, -0.2) is 4.79 Å². The molecule has 1 heterocycles. The van der Waals surface area contributed by atoms with Gasteiger partial charge in [-0.05, 0) is 37.1 Å². The van der Waals surface area contributed by atoms with Crippen molar-refractivity contribution < 1.29 is 9.53 Å². The minimum Gasteiger partial charge on any atom is -0.465 e. The molecule has 1 fully saturated rings. The molecule has 2 rings (SSSR count). The second kappa shape index (κ2) is 6.68. The highest BCUT2D eigenvalue weighted by atomic mass is 16.5. The zero-order chi connectivity index (χ0) is 14.5. The van der Waals surface area contributed by atoms with Crippen LogP contribution < -0.4 is 5.73 Å². The number of benzene rings is 1. The van der Waals surface area contributed by atoms with Crippen molar-refractivity contribution in [3.63, 3.8) is 0 Å². The summed E-state index contributed by atoms with van der Waals surface area (Å²) in [6.45, 7) is 6.79. The predicted molar refractivity (Wildman–Crippen MR) is 80.0 cm³/mol. The third kappa shape index (κ3) is 3.68. The van der Waals surface area contributed by atoms with Crippen LogP contribution >= 0.6 is 0 Å². The molecule has 2 N–H and O–H groups in total. The molecule has 0 bridgehead atoms. The molecule has 0 amide bonds. The van der Waals surface area contributed by atoms with Crippen LogP contribution in [-0.4, -0.2) is 37.1 Å². The Morgan fingerprint density at radius 3 is 2.50 bits per heavy atom. The van der Waals surface area contributed by atoms with Crippen LogP contribution in [0.5, 0.6) is 0 Å². The minimum absolute atomic E-state index is 0.358. The Balaban J connectivity index is 1.95. The van der Waals surface area contributed by atoms with Gasteiger partial charge in [0.1, 0.15) is 0 Å². The molecule has 4 nitrogen and oxygen atoms in total. The monoisotopic (exact) mass is 274 g/mol. The van der Waals surface area contributed by atoms with E-state index in [2.05, 4.69) is 16.2 Å². The highest BCUT2D eigenvalue weighted by Gasteiger charge is 2.16. The van der Waals surface area contributed by atoms with Gasteiger partial charge in [0.05, 0.1) is 12.7 Å². The van der Waals surface area contributed by atoms with Crippen molar-refractivity contribution in [3.05, 3.63) is 42.0 Å². The maximum atomic E-state index is 11.4. The quantitative estimate of drug-likeness (QED) is 0.672. The molecule has 20 heavy (non-hydrogen) atoms. The van der Waals surface area contributed by atoms with Crippen molar-refractivity contribution in [3.8, 4) is 0 Å². The summed E-state index contributed by atoms with van der Waals surface area (Å²) in [6, 6.07) is 8.28. The van der Waals surface area contributed by atoms with Gasteiger partial charge in [-0.3, -0.25) is 4.90 Å². The maximum absolute atomic E-state index is 11.4.